The number of hydrazone groups is 1. The number of aromatic amines is 1. The van der Waals surface area contributed by atoms with Gasteiger partial charge < -0.3 is 4.98 Å². The lowest BCUT2D eigenvalue weighted by Gasteiger charge is -2.23. The second-order valence-corrected chi connectivity index (χ2v) is 14.1. The van der Waals surface area contributed by atoms with Gasteiger partial charge in [-0.05, 0) is 60.5 Å². The van der Waals surface area contributed by atoms with Crippen molar-refractivity contribution in [3.05, 3.63) is 164 Å². The van der Waals surface area contributed by atoms with E-state index in [1.807, 2.05) is 85.8 Å². The molecule has 0 unspecified atom stereocenters. The molecule has 5 aromatic carbocycles. The molecule has 238 valence electrons. The number of amides is 1. The average Bonchev–Trinajstić information content (AvgIpc) is 3.54. The van der Waals surface area contributed by atoms with Crippen LogP contribution in [0.2, 0.25) is 0 Å². The number of hydrogen-bond donors (Lipinski definition) is 2. The molecule has 8 nitrogen and oxygen atoms in total. The molecule has 1 atom stereocenters. The molecular formula is C38H29BrN4O4S. The summed E-state index contributed by atoms with van der Waals surface area (Å²) < 4.78 is 30.2. The van der Waals surface area contributed by atoms with E-state index in [1.165, 1.54) is 17.1 Å². The van der Waals surface area contributed by atoms with Crippen molar-refractivity contribution in [1.29, 1.82) is 0 Å². The van der Waals surface area contributed by atoms with Crippen LogP contribution in [0.5, 0.6) is 0 Å². The number of sulfonamides is 1. The number of anilines is 1. The summed E-state index contributed by atoms with van der Waals surface area (Å²) >= 11 is 3.58. The lowest BCUT2D eigenvalue weighted by molar-refractivity contribution is 0.0712. The first-order chi connectivity index (χ1) is 23.2. The number of H-pyrrole nitrogens is 1. The highest BCUT2D eigenvalue weighted by atomic mass is 79.9. The van der Waals surface area contributed by atoms with Crippen LogP contribution in [0.25, 0.3) is 22.0 Å². The Morgan fingerprint density at radius 1 is 0.854 bits per heavy atom. The van der Waals surface area contributed by atoms with Crippen LogP contribution in [-0.4, -0.2) is 30.0 Å². The Morgan fingerprint density at radius 2 is 1.52 bits per heavy atom. The smallest absolute Gasteiger partial charge is 0.276 e. The van der Waals surface area contributed by atoms with Crippen molar-refractivity contribution >= 4 is 54.2 Å². The Hall–Kier alpha value is -5.32. The van der Waals surface area contributed by atoms with Crippen molar-refractivity contribution in [3.8, 4) is 11.1 Å². The van der Waals surface area contributed by atoms with Gasteiger partial charge in [0.05, 0.1) is 33.5 Å². The van der Waals surface area contributed by atoms with Crippen molar-refractivity contribution in [3.63, 3.8) is 0 Å². The summed E-state index contributed by atoms with van der Waals surface area (Å²) in [5.74, 6) is -0.512. The number of carbonyl (C=O) groups excluding carboxylic acids is 1. The molecule has 1 aliphatic heterocycles. The monoisotopic (exact) mass is 716 g/mol. The average molecular weight is 718 g/mol. The topological polar surface area (TPSA) is 112 Å². The van der Waals surface area contributed by atoms with Crippen molar-refractivity contribution in [2.75, 3.05) is 4.72 Å². The molecule has 2 heterocycles. The standard InChI is InChI=1S/C38H29BrN4O4S/c1-24-16-19-28(20-17-24)48(46,47)42-32-15-9-8-14-29(32)38(45)43-34(25-10-4-2-5-11-25)23-33(41-43)36-35(26-12-6-3-7-13-26)30-22-27(39)18-21-31(30)40-37(36)44/h2-22,34,42H,23H2,1H3,(H,40,44)/t34-/m1/s1. The van der Waals surface area contributed by atoms with E-state index >= 15 is 0 Å². The minimum atomic E-state index is -4.00. The van der Waals surface area contributed by atoms with E-state index in [9.17, 15) is 18.0 Å². The largest absolute Gasteiger partial charge is 0.321 e. The van der Waals surface area contributed by atoms with Crippen LogP contribution in [0, 0.1) is 6.92 Å². The van der Waals surface area contributed by atoms with E-state index in [0.717, 1.165) is 26.5 Å². The zero-order valence-electron chi connectivity index (χ0n) is 25.7. The summed E-state index contributed by atoms with van der Waals surface area (Å²) in [6.07, 6.45) is 0.259. The number of aromatic nitrogens is 1. The van der Waals surface area contributed by atoms with Gasteiger partial charge in [0.2, 0.25) is 0 Å². The maximum absolute atomic E-state index is 14.5. The summed E-state index contributed by atoms with van der Waals surface area (Å²) in [5.41, 5.74) is 4.70. The molecule has 1 aromatic heterocycles. The second-order valence-electron chi connectivity index (χ2n) is 11.6. The van der Waals surface area contributed by atoms with Gasteiger partial charge in [-0.3, -0.25) is 14.3 Å². The third kappa shape index (κ3) is 5.96. The molecule has 10 heteroatoms. The molecule has 7 rings (SSSR count). The first-order valence-electron chi connectivity index (χ1n) is 15.3. The van der Waals surface area contributed by atoms with Crippen LogP contribution >= 0.6 is 15.9 Å². The zero-order chi connectivity index (χ0) is 33.4. The lowest BCUT2D eigenvalue weighted by atomic mass is 9.91. The molecule has 6 aromatic rings. The number of nitrogens with one attached hydrogen (secondary N) is 2. The fraction of sp³-hybridized carbons (Fsp3) is 0.0789. The summed E-state index contributed by atoms with van der Waals surface area (Å²) in [5, 5.41) is 7.05. The predicted molar refractivity (Wildman–Crippen MR) is 193 cm³/mol. The summed E-state index contributed by atoms with van der Waals surface area (Å²) in [4.78, 5) is 31.5. The van der Waals surface area contributed by atoms with Gasteiger partial charge in [-0.25, -0.2) is 13.4 Å². The maximum atomic E-state index is 14.5. The van der Waals surface area contributed by atoms with Crippen LogP contribution in [0.1, 0.15) is 39.5 Å². The summed E-state index contributed by atoms with van der Waals surface area (Å²) in [6, 6.07) is 37.2. The first kappa shape index (κ1) is 31.3. The molecule has 0 radical (unpaired) electrons. The number of para-hydroxylation sites is 1. The third-order valence-corrected chi connectivity index (χ3v) is 10.2. The van der Waals surface area contributed by atoms with Crippen LogP contribution in [0.4, 0.5) is 5.69 Å². The number of carbonyl (C=O) groups is 1. The molecule has 0 saturated heterocycles. The first-order valence-corrected chi connectivity index (χ1v) is 17.5. The van der Waals surface area contributed by atoms with Crippen LogP contribution in [0.15, 0.2) is 147 Å². The van der Waals surface area contributed by atoms with Crippen LogP contribution < -0.4 is 10.3 Å². The number of hydrogen-bond acceptors (Lipinski definition) is 5. The Bertz CT molecular complexity index is 2380. The van der Waals surface area contributed by atoms with E-state index in [2.05, 4.69) is 25.6 Å². The Morgan fingerprint density at radius 3 is 2.25 bits per heavy atom. The summed E-state index contributed by atoms with van der Waals surface area (Å²) in [7, 11) is -4.00. The molecule has 0 saturated carbocycles. The maximum Gasteiger partial charge on any atom is 0.276 e. The van der Waals surface area contributed by atoms with E-state index in [1.54, 1.807) is 36.4 Å². The molecule has 0 aliphatic carbocycles. The molecule has 1 aliphatic rings. The van der Waals surface area contributed by atoms with Gasteiger partial charge in [-0.2, -0.15) is 5.10 Å². The minimum absolute atomic E-state index is 0.0783. The van der Waals surface area contributed by atoms with E-state index in [-0.39, 0.29) is 28.1 Å². The second kappa shape index (κ2) is 12.7. The molecule has 2 N–H and O–H groups in total. The van der Waals surface area contributed by atoms with Crippen LogP contribution in [-0.2, 0) is 10.0 Å². The van der Waals surface area contributed by atoms with Crippen molar-refractivity contribution in [2.45, 2.75) is 24.3 Å². The van der Waals surface area contributed by atoms with Crippen LogP contribution in [0.3, 0.4) is 0 Å². The molecule has 0 fully saturated rings. The van der Waals surface area contributed by atoms with Gasteiger partial charge in [0, 0.05) is 27.4 Å². The fourth-order valence-corrected chi connectivity index (χ4v) is 7.47. The van der Waals surface area contributed by atoms with Gasteiger partial charge >= 0.3 is 0 Å². The number of aryl methyl sites for hydroxylation is 1. The third-order valence-electron chi connectivity index (χ3n) is 8.36. The minimum Gasteiger partial charge on any atom is -0.321 e. The highest BCUT2D eigenvalue weighted by Crippen LogP contribution is 2.38. The highest BCUT2D eigenvalue weighted by molar-refractivity contribution is 9.10. The van der Waals surface area contributed by atoms with E-state index in [0.29, 0.717) is 22.4 Å². The number of pyridine rings is 1. The summed E-state index contributed by atoms with van der Waals surface area (Å²) in [6.45, 7) is 1.87. The number of fused-ring (bicyclic) bond motifs is 1. The zero-order valence-corrected chi connectivity index (χ0v) is 28.1. The Labute approximate surface area is 286 Å². The molecule has 48 heavy (non-hydrogen) atoms. The Kier molecular flexibility index (Phi) is 8.28. The molecule has 0 spiro atoms. The number of nitrogens with zero attached hydrogens (tertiary/aromatic N) is 2. The molecular weight excluding hydrogens is 688 g/mol. The quantitative estimate of drug-likeness (QED) is 0.174. The highest BCUT2D eigenvalue weighted by Gasteiger charge is 2.37. The van der Waals surface area contributed by atoms with Gasteiger partial charge in [0.1, 0.15) is 0 Å². The normalized spacial score (nSPS) is 14.6. The van der Waals surface area contributed by atoms with E-state index in [4.69, 9.17) is 5.10 Å². The molecule has 0 bridgehead atoms. The van der Waals surface area contributed by atoms with Gasteiger partial charge in [-0.15, -0.1) is 0 Å². The van der Waals surface area contributed by atoms with Gasteiger partial charge in [0.25, 0.3) is 21.5 Å². The van der Waals surface area contributed by atoms with Crippen molar-refractivity contribution in [2.24, 2.45) is 5.10 Å². The van der Waals surface area contributed by atoms with Gasteiger partial charge in [0.15, 0.2) is 0 Å². The van der Waals surface area contributed by atoms with E-state index < -0.39 is 22.0 Å². The molecule has 1 amide bonds. The number of rotatable bonds is 7. The van der Waals surface area contributed by atoms with Crippen molar-refractivity contribution < 1.29 is 13.2 Å². The lowest BCUT2D eigenvalue weighted by Crippen LogP contribution is -2.28. The Balaban J connectivity index is 1.37. The number of benzene rings is 5. The number of halogens is 1. The predicted octanol–water partition coefficient (Wildman–Crippen LogP) is 8.06. The fourth-order valence-electron chi connectivity index (χ4n) is 6.03. The van der Waals surface area contributed by atoms with Gasteiger partial charge in [-0.1, -0.05) is 106 Å². The SMILES string of the molecule is Cc1ccc(S(=O)(=O)Nc2ccccc2C(=O)N2N=C(c3c(-c4ccccc4)c4cc(Br)ccc4[nH]c3=O)C[C@@H]2c2ccccc2)cc1. The van der Waals surface area contributed by atoms with Crippen molar-refractivity contribution in [1.82, 2.24) is 9.99 Å².